The largest absolute Gasteiger partial charge is 0.670 e. The molecule has 52 heavy (non-hydrogen) atoms. The predicted molar refractivity (Wildman–Crippen MR) is 196 cm³/mol. The van der Waals surface area contributed by atoms with Crippen molar-refractivity contribution in [3.05, 3.63) is 70.0 Å². The van der Waals surface area contributed by atoms with Crippen molar-refractivity contribution in [2.24, 2.45) is 17.8 Å². The molecule has 11 heteroatoms. The molecule has 3 aliphatic rings. The van der Waals surface area contributed by atoms with Crippen LogP contribution in [0.15, 0.2) is 36.7 Å². The van der Waals surface area contributed by atoms with Crippen molar-refractivity contribution in [2.45, 2.75) is 113 Å². The fraction of sp³-hybridized carbons (Fsp3) is 0.610. The maximum atomic E-state index is 11.6. The maximum Gasteiger partial charge on any atom is 0.201 e. The number of benzene rings is 2. The molecular weight excluding hydrogens is 664 g/mol. The summed E-state index contributed by atoms with van der Waals surface area (Å²) in [7, 11) is 3.38. The molecule has 0 amide bonds. The van der Waals surface area contributed by atoms with Crippen molar-refractivity contribution in [3.8, 4) is 23.0 Å². The lowest BCUT2D eigenvalue weighted by Crippen LogP contribution is -2.44. The van der Waals surface area contributed by atoms with Crippen LogP contribution in [0.25, 0.3) is 0 Å². The van der Waals surface area contributed by atoms with Gasteiger partial charge in [-0.1, -0.05) is 23.8 Å². The van der Waals surface area contributed by atoms with E-state index >= 15 is 0 Å². The topological polar surface area (TPSA) is 186 Å². The molecule has 1 aromatic heterocycles. The number of fused-ring (bicyclic) bond motifs is 1. The third-order valence-electron chi connectivity index (χ3n) is 12.4. The smallest absolute Gasteiger partial charge is 0.201 e. The zero-order valence-corrected chi connectivity index (χ0v) is 30.5. The number of phenolic OH excluding ortho intramolecular Hbond substituents is 2. The minimum absolute atomic E-state index is 0.00959. The number of aliphatic hydroxyl groups is 4. The van der Waals surface area contributed by atoms with Gasteiger partial charge in [0.15, 0.2) is 11.5 Å². The van der Waals surface area contributed by atoms with Gasteiger partial charge in [0.05, 0.1) is 38.1 Å². The van der Waals surface area contributed by atoms with E-state index in [0.29, 0.717) is 42.7 Å². The van der Waals surface area contributed by atoms with Gasteiger partial charge >= 0.3 is 0 Å². The second kappa shape index (κ2) is 17.2. The molecule has 1 saturated heterocycles. The first-order valence-corrected chi connectivity index (χ1v) is 19.1. The zero-order valence-electron chi connectivity index (χ0n) is 30.5. The van der Waals surface area contributed by atoms with Gasteiger partial charge in [0.1, 0.15) is 5.75 Å². The third kappa shape index (κ3) is 7.95. The lowest BCUT2D eigenvalue weighted by Gasteiger charge is -2.46. The lowest BCUT2D eigenvalue weighted by atomic mass is 9.66. The summed E-state index contributed by atoms with van der Waals surface area (Å²) in [4.78, 5) is 4.17. The van der Waals surface area contributed by atoms with Gasteiger partial charge in [-0.3, -0.25) is 0 Å². The van der Waals surface area contributed by atoms with Gasteiger partial charge in [0.25, 0.3) is 0 Å². The van der Waals surface area contributed by atoms with Crippen LogP contribution in [0.4, 0.5) is 0 Å². The summed E-state index contributed by atoms with van der Waals surface area (Å²) < 4.78 is 12.5. The number of hydrogen-bond donors (Lipinski definition) is 8. The second-order valence-corrected chi connectivity index (χ2v) is 15.3. The molecule has 11 nitrogen and oxygen atoms in total. The van der Waals surface area contributed by atoms with E-state index in [2.05, 4.69) is 16.4 Å². The van der Waals surface area contributed by atoms with Crippen LogP contribution in [0.1, 0.15) is 116 Å². The van der Waals surface area contributed by atoms with Crippen molar-refractivity contribution >= 4 is 0 Å². The first kappa shape index (κ1) is 38.4. The molecule has 2 aromatic carbocycles. The fourth-order valence-corrected chi connectivity index (χ4v) is 9.65. The Kier molecular flexibility index (Phi) is 12.7. The van der Waals surface area contributed by atoms with Crippen LogP contribution in [-0.2, 0) is 17.8 Å². The molecule has 2 heterocycles. The van der Waals surface area contributed by atoms with Crippen LogP contribution in [0.3, 0.4) is 0 Å². The highest BCUT2D eigenvalue weighted by Crippen LogP contribution is 2.53. The molecule has 0 bridgehead atoms. The number of rotatable bonds is 14. The fourth-order valence-electron chi connectivity index (χ4n) is 9.65. The summed E-state index contributed by atoms with van der Waals surface area (Å²) in [5, 5.41) is 79.2. The van der Waals surface area contributed by atoms with E-state index in [4.69, 9.17) is 9.47 Å². The number of aromatic hydroxyl groups is 3. The third-order valence-corrected chi connectivity index (χ3v) is 12.4. The van der Waals surface area contributed by atoms with E-state index in [-0.39, 0.29) is 59.9 Å². The maximum absolute atomic E-state index is 11.6. The number of ether oxygens (including phenoxy) is 2. The van der Waals surface area contributed by atoms with E-state index in [1.807, 2.05) is 19.2 Å². The Balaban J connectivity index is 1.29. The molecule has 286 valence electrons. The van der Waals surface area contributed by atoms with E-state index < -0.39 is 36.4 Å². The first-order chi connectivity index (χ1) is 25.2. The molecule has 1 aliphatic heterocycles. The minimum Gasteiger partial charge on any atom is -0.670 e. The number of nitrogens with zero attached hydrogens (tertiary/aromatic N) is 1. The monoisotopic (exact) mass is 721 g/mol. The predicted octanol–water partition coefficient (Wildman–Crippen LogP) is 4.87. The van der Waals surface area contributed by atoms with Gasteiger partial charge in [-0.15, -0.1) is 0 Å². The van der Waals surface area contributed by atoms with E-state index in [9.17, 15) is 35.7 Å². The molecular formula is C41H57N2O9-. The molecule has 2 aliphatic carbocycles. The van der Waals surface area contributed by atoms with Crippen LogP contribution in [0, 0.1) is 17.8 Å². The van der Waals surface area contributed by atoms with Gasteiger partial charge in [-0.2, -0.15) is 12.4 Å². The van der Waals surface area contributed by atoms with E-state index in [1.54, 1.807) is 18.5 Å². The molecule has 3 fully saturated rings. The number of phenols is 3. The molecule has 0 radical (unpaired) electrons. The number of nitrogens with one attached hydrogen (secondary N) is 1. The number of hydrogen-bond acceptors (Lipinski definition) is 10. The summed E-state index contributed by atoms with van der Waals surface area (Å²) >= 11 is 0. The standard InChI is InChI=1S/C41H57N2O9/c1-42-13-11-23-5-8-27(33(46)4-3-15-44)29(16-23)30-18-25(7-10-34(30)47)26-6-9-28-35(48)20-37(52-36(28)19-26)38-31(17-24-12-14-43-21-24)41(51-2)40(50)39(49)32(38)22-45/h7,10,12,14,18,21,23,26-29,33,35-37,42,44-50H,3-6,8-9,11,13,15-17,19-20,22H2,1-2H3/q-1. The van der Waals surface area contributed by atoms with Crippen LogP contribution in [0.5, 0.6) is 23.0 Å². The molecule has 9 unspecified atom stereocenters. The summed E-state index contributed by atoms with van der Waals surface area (Å²) in [6, 6.07) is 7.75. The van der Waals surface area contributed by atoms with Crippen molar-refractivity contribution in [1.29, 1.82) is 0 Å². The van der Waals surface area contributed by atoms with Crippen molar-refractivity contribution in [2.75, 3.05) is 27.3 Å². The van der Waals surface area contributed by atoms with Crippen LogP contribution >= 0.6 is 0 Å². The molecule has 3 aromatic rings. The van der Waals surface area contributed by atoms with Gasteiger partial charge in [0.2, 0.25) is 5.75 Å². The minimum atomic E-state index is -0.681. The average Bonchev–Trinajstić information content (AvgIpc) is 3.67. The molecule has 2 saturated carbocycles. The Morgan fingerprint density at radius 1 is 1.00 bits per heavy atom. The molecule has 9 atom stereocenters. The normalized spacial score (nSPS) is 28.3. The van der Waals surface area contributed by atoms with Crippen LogP contribution in [-0.4, -0.2) is 81.4 Å². The number of aromatic nitrogens is 1. The summed E-state index contributed by atoms with van der Waals surface area (Å²) in [6.07, 6.45) is 8.84. The lowest BCUT2D eigenvalue weighted by molar-refractivity contribution is -0.154. The average molecular weight is 722 g/mol. The molecule has 0 spiro atoms. The van der Waals surface area contributed by atoms with Crippen molar-refractivity contribution in [3.63, 3.8) is 0 Å². The van der Waals surface area contributed by atoms with Crippen LogP contribution in [0.2, 0.25) is 0 Å². The Bertz CT molecular complexity index is 1610. The Hall–Kier alpha value is -3.32. The van der Waals surface area contributed by atoms with E-state index in [1.165, 1.54) is 7.11 Å². The quantitative estimate of drug-likeness (QED) is 0.106. The highest BCUT2D eigenvalue weighted by molar-refractivity contribution is 5.64. The Labute approximate surface area is 306 Å². The summed E-state index contributed by atoms with van der Waals surface area (Å²) in [5.74, 6) is -0.106. The number of methoxy groups -OCH3 is 1. The van der Waals surface area contributed by atoms with Crippen LogP contribution < -0.4 is 15.0 Å². The summed E-state index contributed by atoms with van der Waals surface area (Å²) in [5.41, 5.74) is 4.05. The highest BCUT2D eigenvalue weighted by Gasteiger charge is 2.45. The van der Waals surface area contributed by atoms with Crippen molar-refractivity contribution < 1.29 is 45.2 Å². The Morgan fingerprint density at radius 3 is 2.54 bits per heavy atom. The van der Waals surface area contributed by atoms with E-state index in [0.717, 1.165) is 61.8 Å². The van der Waals surface area contributed by atoms with Crippen molar-refractivity contribution in [1.82, 2.24) is 10.3 Å². The van der Waals surface area contributed by atoms with Gasteiger partial charge in [-0.25, -0.2) is 0 Å². The van der Waals surface area contributed by atoms with Gasteiger partial charge in [0, 0.05) is 30.1 Å². The molecule has 8 N–H and O–H groups in total. The first-order valence-electron chi connectivity index (χ1n) is 19.1. The van der Waals surface area contributed by atoms with Gasteiger partial charge < -0.3 is 55.5 Å². The van der Waals surface area contributed by atoms with Gasteiger partial charge in [-0.05, 0) is 124 Å². The summed E-state index contributed by atoms with van der Waals surface area (Å²) in [6.45, 7) is 0.416. The zero-order chi connectivity index (χ0) is 36.9. The second-order valence-electron chi connectivity index (χ2n) is 15.3. The SMILES string of the molecule is CNCCC1CCC(C(O)CCCO)C(c2cc(C3CCC4C(O)CC(c5c(CO)c(O)c(O)c(OC)c5Cc5cc[n-]c5)OC4C3)ccc2O)C1. The highest BCUT2D eigenvalue weighted by atomic mass is 16.5. The number of aliphatic hydroxyl groups excluding tert-OH is 4. The Morgan fingerprint density at radius 2 is 1.83 bits per heavy atom. The molecule has 6 rings (SSSR count).